The number of amides is 1. The second-order valence-electron chi connectivity index (χ2n) is 4.25. The molecule has 0 fully saturated rings. The van der Waals surface area contributed by atoms with Gasteiger partial charge in [0.05, 0.1) is 14.5 Å². The van der Waals surface area contributed by atoms with Crippen LogP contribution in [0.4, 0.5) is 5.82 Å². The van der Waals surface area contributed by atoms with Crippen LogP contribution in [0.15, 0.2) is 27.3 Å². The smallest absolute Gasteiger partial charge is 0.257 e. The Balaban J connectivity index is 2.11. The Hall–Kier alpha value is -1.44. The van der Waals surface area contributed by atoms with Gasteiger partial charge >= 0.3 is 0 Å². The van der Waals surface area contributed by atoms with Crippen molar-refractivity contribution in [3.8, 4) is 5.75 Å². The van der Waals surface area contributed by atoms with Crippen molar-refractivity contribution in [3.63, 3.8) is 0 Å². The minimum absolute atomic E-state index is 0.0745. The van der Waals surface area contributed by atoms with Crippen molar-refractivity contribution in [2.45, 2.75) is 0 Å². The molecule has 1 aliphatic rings. The van der Waals surface area contributed by atoms with Crippen LogP contribution in [0.3, 0.4) is 0 Å². The molecule has 2 heterocycles. The molecule has 106 valence electrons. The average molecular weight is 431 g/mol. The van der Waals surface area contributed by atoms with E-state index in [1.807, 2.05) is 0 Å². The number of hydrogen-bond acceptors (Lipinski definition) is 4. The van der Waals surface area contributed by atoms with E-state index in [9.17, 15) is 9.90 Å². The summed E-state index contributed by atoms with van der Waals surface area (Å²) in [6.07, 6.45) is 3.19. The Bertz CT molecular complexity index is 785. The highest BCUT2D eigenvalue weighted by molar-refractivity contribution is 9.11. The molecular weight excluding hydrogens is 425 g/mol. The number of carbonyl (C=O) groups excluding carboxylic acids is 1. The lowest BCUT2D eigenvalue weighted by atomic mass is 10.1. The molecule has 5 nitrogen and oxygen atoms in total. The van der Waals surface area contributed by atoms with Crippen LogP contribution in [0.2, 0.25) is 5.28 Å². The molecule has 1 aromatic heterocycles. The average Bonchev–Trinajstić information content (AvgIpc) is 2.71. The third-order valence-electron chi connectivity index (χ3n) is 2.88. The van der Waals surface area contributed by atoms with Crippen LogP contribution in [0.1, 0.15) is 11.1 Å². The summed E-state index contributed by atoms with van der Waals surface area (Å²) in [4.78, 5) is 19.9. The molecule has 3 rings (SSSR count). The first-order valence-corrected chi connectivity index (χ1v) is 7.66. The zero-order valence-corrected chi connectivity index (χ0v) is 14.1. The summed E-state index contributed by atoms with van der Waals surface area (Å²) >= 11 is 12.2. The quantitative estimate of drug-likeness (QED) is 0.531. The molecule has 0 aliphatic carbocycles. The summed E-state index contributed by atoms with van der Waals surface area (Å²) in [6, 6.07) is 3.41. The molecule has 0 saturated carbocycles. The molecule has 0 saturated heterocycles. The Morgan fingerprint density at radius 3 is 2.62 bits per heavy atom. The van der Waals surface area contributed by atoms with Gasteiger partial charge in [-0.3, -0.25) is 4.79 Å². The number of fused-ring (bicyclic) bond motifs is 1. The first kappa shape index (κ1) is 14.5. The lowest BCUT2D eigenvalue weighted by molar-refractivity contribution is -0.110. The standard InChI is InChI=1S/C13H6Br2ClN3O2/c14-8-2-5(3-9(15)10(8)20)1-6-7-4-17-13(16)19-11(7)18-12(6)21/h1-4,20H,(H,17,18,19,21)/b6-1+. The highest BCUT2D eigenvalue weighted by Gasteiger charge is 2.26. The predicted molar refractivity (Wildman–Crippen MR) is 87.0 cm³/mol. The molecule has 0 bridgehead atoms. The first-order valence-electron chi connectivity index (χ1n) is 5.69. The largest absolute Gasteiger partial charge is 0.506 e. The zero-order valence-electron chi connectivity index (χ0n) is 10.2. The number of benzene rings is 1. The summed E-state index contributed by atoms with van der Waals surface area (Å²) in [6.45, 7) is 0. The van der Waals surface area contributed by atoms with E-state index in [4.69, 9.17) is 11.6 Å². The van der Waals surface area contributed by atoms with Crippen molar-refractivity contribution in [1.82, 2.24) is 9.97 Å². The summed E-state index contributed by atoms with van der Waals surface area (Å²) < 4.78 is 1.05. The van der Waals surface area contributed by atoms with E-state index < -0.39 is 0 Å². The van der Waals surface area contributed by atoms with E-state index in [1.165, 1.54) is 6.20 Å². The predicted octanol–water partition coefficient (Wildman–Crippen LogP) is 3.85. The molecule has 0 unspecified atom stereocenters. The number of hydrogen-bond donors (Lipinski definition) is 2. The van der Waals surface area contributed by atoms with Gasteiger partial charge in [0, 0.05) is 11.8 Å². The van der Waals surface area contributed by atoms with Gasteiger partial charge in [0.25, 0.3) is 5.91 Å². The van der Waals surface area contributed by atoms with Crippen LogP contribution >= 0.6 is 43.5 Å². The maximum Gasteiger partial charge on any atom is 0.257 e. The van der Waals surface area contributed by atoms with Crippen LogP contribution in [0.25, 0.3) is 11.6 Å². The minimum Gasteiger partial charge on any atom is -0.506 e. The fourth-order valence-corrected chi connectivity index (χ4v) is 3.28. The van der Waals surface area contributed by atoms with Gasteiger partial charge in [-0.1, -0.05) is 0 Å². The van der Waals surface area contributed by atoms with Crippen LogP contribution in [0, 0.1) is 0 Å². The van der Waals surface area contributed by atoms with Crippen molar-refractivity contribution in [1.29, 1.82) is 0 Å². The SMILES string of the molecule is O=C1Nc2nc(Cl)ncc2/C1=C\c1cc(Br)c(O)c(Br)c1. The fourth-order valence-electron chi connectivity index (χ4n) is 1.93. The van der Waals surface area contributed by atoms with Crippen molar-refractivity contribution in [2.75, 3.05) is 5.32 Å². The van der Waals surface area contributed by atoms with Gasteiger partial charge in [-0.2, -0.15) is 4.98 Å². The van der Waals surface area contributed by atoms with Crippen molar-refractivity contribution in [2.24, 2.45) is 0 Å². The van der Waals surface area contributed by atoms with Gasteiger partial charge < -0.3 is 10.4 Å². The van der Waals surface area contributed by atoms with Crippen molar-refractivity contribution < 1.29 is 9.90 Å². The number of rotatable bonds is 1. The Labute approximate surface area is 141 Å². The number of nitrogens with zero attached hydrogens (tertiary/aromatic N) is 2. The van der Waals surface area contributed by atoms with Crippen LogP contribution in [-0.4, -0.2) is 21.0 Å². The van der Waals surface area contributed by atoms with Crippen LogP contribution in [-0.2, 0) is 4.79 Å². The van der Waals surface area contributed by atoms with Gasteiger partial charge in [-0.15, -0.1) is 0 Å². The minimum atomic E-state index is -0.276. The second kappa shape index (κ2) is 5.40. The van der Waals surface area contributed by atoms with E-state index >= 15 is 0 Å². The zero-order chi connectivity index (χ0) is 15.1. The topological polar surface area (TPSA) is 75.1 Å². The molecule has 0 radical (unpaired) electrons. The molecule has 21 heavy (non-hydrogen) atoms. The molecule has 8 heteroatoms. The number of aromatic nitrogens is 2. The summed E-state index contributed by atoms with van der Waals surface area (Å²) in [7, 11) is 0. The Morgan fingerprint density at radius 1 is 1.29 bits per heavy atom. The van der Waals surface area contributed by atoms with E-state index in [0.29, 0.717) is 25.9 Å². The summed E-state index contributed by atoms with van der Waals surface area (Å²) in [5, 5.41) is 12.4. The maximum absolute atomic E-state index is 12.0. The Morgan fingerprint density at radius 2 is 1.95 bits per heavy atom. The van der Waals surface area contributed by atoms with Gasteiger partial charge in [-0.25, -0.2) is 4.98 Å². The molecular formula is C13H6Br2ClN3O2. The molecule has 1 aromatic carbocycles. The third-order valence-corrected chi connectivity index (χ3v) is 4.27. The van der Waals surface area contributed by atoms with E-state index in [-0.39, 0.29) is 16.9 Å². The molecule has 0 spiro atoms. The third kappa shape index (κ3) is 2.68. The highest BCUT2D eigenvalue weighted by Crippen LogP contribution is 2.36. The van der Waals surface area contributed by atoms with Crippen LogP contribution in [0.5, 0.6) is 5.75 Å². The lowest BCUT2D eigenvalue weighted by Gasteiger charge is -2.03. The van der Waals surface area contributed by atoms with Gasteiger partial charge in [0.1, 0.15) is 11.6 Å². The molecule has 1 aliphatic heterocycles. The Kier molecular flexibility index (Phi) is 3.73. The lowest BCUT2D eigenvalue weighted by Crippen LogP contribution is -2.04. The number of halogens is 3. The molecule has 2 N–H and O–H groups in total. The molecule has 1 amide bonds. The van der Waals surface area contributed by atoms with Crippen LogP contribution < -0.4 is 5.32 Å². The first-order chi connectivity index (χ1) is 9.95. The van der Waals surface area contributed by atoms with E-state index in [0.717, 1.165) is 5.56 Å². The fraction of sp³-hybridized carbons (Fsp3) is 0. The second-order valence-corrected chi connectivity index (χ2v) is 6.29. The number of phenolic OH excluding ortho intramolecular Hbond substituents is 1. The van der Waals surface area contributed by atoms with Crippen molar-refractivity contribution >= 4 is 66.8 Å². The van der Waals surface area contributed by atoms with E-state index in [1.54, 1.807) is 18.2 Å². The molecule has 2 aromatic rings. The van der Waals surface area contributed by atoms with Crippen molar-refractivity contribution in [3.05, 3.63) is 43.7 Å². The van der Waals surface area contributed by atoms with Gasteiger partial charge in [0.15, 0.2) is 0 Å². The summed E-state index contributed by atoms with van der Waals surface area (Å²) in [5.41, 5.74) is 1.76. The van der Waals surface area contributed by atoms with Gasteiger partial charge in [0.2, 0.25) is 5.28 Å². The number of nitrogens with one attached hydrogen (secondary N) is 1. The monoisotopic (exact) mass is 429 g/mol. The number of carbonyl (C=O) groups is 1. The maximum atomic E-state index is 12.0. The van der Waals surface area contributed by atoms with E-state index in [2.05, 4.69) is 47.1 Å². The molecule has 0 atom stereocenters. The van der Waals surface area contributed by atoms with Gasteiger partial charge in [-0.05, 0) is 67.2 Å². The number of phenols is 1. The number of aromatic hydroxyl groups is 1. The number of anilines is 1. The highest BCUT2D eigenvalue weighted by atomic mass is 79.9. The normalized spacial score (nSPS) is 15.2. The summed E-state index contributed by atoms with van der Waals surface area (Å²) in [5.74, 6) is 0.216.